The van der Waals surface area contributed by atoms with Gasteiger partial charge in [0.05, 0.1) is 0 Å². The Bertz CT molecular complexity index is 482. The Morgan fingerprint density at radius 3 is 2.88 bits per heavy atom. The molecule has 0 N–H and O–H groups in total. The van der Waals surface area contributed by atoms with Crippen LogP contribution in [0.2, 0.25) is 19.6 Å². The van der Waals surface area contributed by atoms with Crippen molar-refractivity contribution >= 4 is 14.1 Å². The molecule has 0 radical (unpaired) electrons. The van der Waals surface area contributed by atoms with Gasteiger partial charge in [0.25, 0.3) is 5.89 Å². The summed E-state index contributed by atoms with van der Waals surface area (Å²) < 4.78 is 5.66. The third kappa shape index (κ3) is 2.64. The first kappa shape index (κ1) is 11.2. The van der Waals surface area contributed by atoms with Crippen LogP contribution in [-0.2, 0) is 6.42 Å². The molecule has 1 aliphatic carbocycles. The first-order valence-electron chi connectivity index (χ1n) is 5.65. The van der Waals surface area contributed by atoms with Gasteiger partial charge in [-0.2, -0.15) is 0 Å². The monoisotopic (exact) mass is 231 g/mol. The SMILES string of the molecule is CC1C=Cc2nc(C#C[Si](C)(C)C)oc2C1. The van der Waals surface area contributed by atoms with Crippen molar-refractivity contribution < 1.29 is 4.42 Å². The molecule has 0 aliphatic heterocycles. The average Bonchev–Trinajstić information content (AvgIpc) is 2.55. The van der Waals surface area contributed by atoms with Crippen LogP contribution in [0.15, 0.2) is 10.5 Å². The number of oxazole rings is 1. The zero-order chi connectivity index (χ0) is 11.8. The molecule has 0 spiro atoms. The molecule has 2 nitrogen and oxygen atoms in total. The van der Waals surface area contributed by atoms with E-state index in [2.05, 4.69) is 49.1 Å². The van der Waals surface area contributed by atoms with Crippen molar-refractivity contribution in [3.05, 3.63) is 23.4 Å². The first-order valence-corrected chi connectivity index (χ1v) is 9.15. The van der Waals surface area contributed by atoms with Gasteiger partial charge in [0.15, 0.2) is 0 Å². The quantitative estimate of drug-likeness (QED) is 0.506. The lowest BCUT2D eigenvalue weighted by atomic mass is 9.99. The van der Waals surface area contributed by atoms with E-state index in [0.29, 0.717) is 11.8 Å². The number of allylic oxidation sites excluding steroid dienone is 1. The first-order chi connectivity index (χ1) is 7.44. The van der Waals surface area contributed by atoms with Crippen molar-refractivity contribution in [1.82, 2.24) is 4.98 Å². The van der Waals surface area contributed by atoms with Crippen LogP contribution in [0.3, 0.4) is 0 Å². The van der Waals surface area contributed by atoms with Crippen LogP contribution in [0.4, 0.5) is 0 Å². The molecule has 1 unspecified atom stereocenters. The number of rotatable bonds is 0. The number of nitrogens with zero attached hydrogens (tertiary/aromatic N) is 1. The maximum atomic E-state index is 5.66. The highest BCUT2D eigenvalue weighted by Gasteiger charge is 2.16. The molecule has 0 aromatic carbocycles. The highest BCUT2D eigenvalue weighted by molar-refractivity contribution is 6.83. The Balaban J connectivity index is 2.26. The van der Waals surface area contributed by atoms with E-state index in [1.165, 1.54) is 0 Å². The minimum Gasteiger partial charge on any atom is -0.434 e. The number of hydrogen-bond donors (Lipinski definition) is 0. The smallest absolute Gasteiger partial charge is 0.273 e. The molecule has 0 saturated heterocycles. The van der Waals surface area contributed by atoms with Crippen LogP contribution in [0.5, 0.6) is 0 Å². The fraction of sp³-hybridized carbons (Fsp3) is 0.462. The Labute approximate surface area is 97.8 Å². The average molecular weight is 231 g/mol. The van der Waals surface area contributed by atoms with Gasteiger partial charge in [-0.3, -0.25) is 0 Å². The van der Waals surface area contributed by atoms with E-state index in [0.717, 1.165) is 17.9 Å². The summed E-state index contributed by atoms with van der Waals surface area (Å²) in [7, 11) is -1.35. The predicted octanol–water partition coefficient (Wildman–Crippen LogP) is 3.11. The normalized spacial score (nSPS) is 18.9. The fourth-order valence-electron chi connectivity index (χ4n) is 1.55. The Morgan fingerprint density at radius 1 is 1.44 bits per heavy atom. The third-order valence-electron chi connectivity index (χ3n) is 2.36. The molecule has 0 saturated carbocycles. The number of fused-ring (bicyclic) bond motifs is 1. The van der Waals surface area contributed by atoms with E-state index in [9.17, 15) is 0 Å². The second-order valence-corrected chi connectivity index (χ2v) is 10.1. The van der Waals surface area contributed by atoms with Gasteiger partial charge in [0.1, 0.15) is 19.5 Å². The minimum atomic E-state index is -1.35. The summed E-state index contributed by atoms with van der Waals surface area (Å²) in [5.74, 6) is 5.15. The van der Waals surface area contributed by atoms with Crippen LogP contribution in [-0.4, -0.2) is 13.1 Å². The number of aromatic nitrogens is 1. The molecule has 1 aromatic rings. The van der Waals surface area contributed by atoms with Crippen molar-refractivity contribution in [2.75, 3.05) is 0 Å². The van der Waals surface area contributed by atoms with E-state index in [1.54, 1.807) is 0 Å². The molecule has 16 heavy (non-hydrogen) atoms. The molecule has 3 heteroatoms. The van der Waals surface area contributed by atoms with Crippen molar-refractivity contribution in [2.45, 2.75) is 33.0 Å². The van der Waals surface area contributed by atoms with Crippen molar-refractivity contribution in [2.24, 2.45) is 5.92 Å². The van der Waals surface area contributed by atoms with Crippen molar-refractivity contribution in [3.8, 4) is 11.5 Å². The molecule has 1 aromatic heterocycles. The van der Waals surface area contributed by atoms with Crippen LogP contribution in [0, 0.1) is 17.4 Å². The van der Waals surface area contributed by atoms with Gasteiger partial charge in [-0.15, -0.1) is 5.54 Å². The highest BCUT2D eigenvalue weighted by Crippen LogP contribution is 2.22. The molecule has 84 valence electrons. The van der Waals surface area contributed by atoms with Gasteiger partial charge in [0, 0.05) is 6.42 Å². The van der Waals surface area contributed by atoms with E-state index >= 15 is 0 Å². The lowest BCUT2D eigenvalue weighted by Gasteiger charge is -2.07. The molecular formula is C13H17NOSi. The predicted molar refractivity (Wildman–Crippen MR) is 68.6 cm³/mol. The lowest BCUT2D eigenvalue weighted by Crippen LogP contribution is -2.16. The summed E-state index contributed by atoms with van der Waals surface area (Å²) in [4.78, 5) is 4.38. The van der Waals surface area contributed by atoms with Gasteiger partial charge in [-0.25, -0.2) is 4.98 Å². The molecule has 0 amide bonds. The topological polar surface area (TPSA) is 26.0 Å². The van der Waals surface area contributed by atoms with Crippen LogP contribution in [0.25, 0.3) is 6.08 Å². The zero-order valence-corrected chi connectivity index (χ0v) is 11.3. The fourth-order valence-corrected chi connectivity index (χ4v) is 2.03. The van der Waals surface area contributed by atoms with Gasteiger partial charge >= 0.3 is 0 Å². The summed E-state index contributed by atoms with van der Waals surface area (Å²) in [5.41, 5.74) is 4.22. The molecule has 0 fully saturated rings. The Kier molecular flexibility index (Phi) is 2.77. The summed E-state index contributed by atoms with van der Waals surface area (Å²) in [5, 5.41) is 0. The van der Waals surface area contributed by atoms with E-state index in [-0.39, 0.29) is 0 Å². The van der Waals surface area contributed by atoms with Crippen molar-refractivity contribution in [1.29, 1.82) is 0 Å². The van der Waals surface area contributed by atoms with Gasteiger partial charge < -0.3 is 4.42 Å². The standard InChI is InChI=1S/C13H17NOSi/c1-10-5-6-11-12(9-10)15-13(14-11)7-8-16(2,3)4/h5-6,10H,9H2,1-4H3. The third-order valence-corrected chi connectivity index (χ3v) is 3.24. The zero-order valence-electron chi connectivity index (χ0n) is 10.3. The molecule has 1 aliphatic rings. The second kappa shape index (κ2) is 3.95. The van der Waals surface area contributed by atoms with Crippen molar-refractivity contribution in [3.63, 3.8) is 0 Å². The van der Waals surface area contributed by atoms with Gasteiger partial charge in [-0.1, -0.05) is 32.6 Å². The molecule has 0 bridgehead atoms. The summed E-state index contributed by atoms with van der Waals surface area (Å²) in [6, 6.07) is 0. The molecule has 2 rings (SSSR count). The summed E-state index contributed by atoms with van der Waals surface area (Å²) >= 11 is 0. The second-order valence-electron chi connectivity index (χ2n) is 5.37. The molecule has 1 atom stereocenters. The number of hydrogen-bond acceptors (Lipinski definition) is 2. The summed E-state index contributed by atoms with van der Waals surface area (Å²) in [6.07, 6.45) is 5.14. The molecule has 1 heterocycles. The highest BCUT2D eigenvalue weighted by atomic mass is 28.3. The van der Waals surface area contributed by atoms with E-state index < -0.39 is 8.07 Å². The van der Waals surface area contributed by atoms with Crippen LogP contribution in [0.1, 0.15) is 24.3 Å². The maximum Gasteiger partial charge on any atom is 0.273 e. The lowest BCUT2D eigenvalue weighted by molar-refractivity contribution is 0.470. The molecular weight excluding hydrogens is 214 g/mol. The Hall–Kier alpha value is -1.27. The van der Waals surface area contributed by atoms with Crippen LogP contribution < -0.4 is 0 Å². The largest absolute Gasteiger partial charge is 0.434 e. The maximum absolute atomic E-state index is 5.66. The Morgan fingerprint density at radius 2 is 2.19 bits per heavy atom. The van der Waals surface area contributed by atoms with E-state index in [4.69, 9.17) is 4.42 Å². The van der Waals surface area contributed by atoms with Gasteiger partial charge in [0.2, 0.25) is 0 Å². The minimum absolute atomic E-state index is 0.540. The van der Waals surface area contributed by atoms with E-state index in [1.807, 2.05) is 6.08 Å². The van der Waals surface area contributed by atoms with Gasteiger partial charge in [-0.05, 0) is 17.9 Å². The summed E-state index contributed by atoms with van der Waals surface area (Å²) in [6.45, 7) is 8.82. The van der Waals surface area contributed by atoms with Crippen LogP contribution >= 0.6 is 0 Å².